The molecular weight excluding hydrogens is 322 g/mol. The number of nitro benzene ring substituents is 1. The van der Waals surface area contributed by atoms with E-state index >= 15 is 0 Å². The lowest BCUT2D eigenvalue weighted by Gasteiger charge is -2.08. The van der Waals surface area contributed by atoms with Gasteiger partial charge in [-0.25, -0.2) is 4.79 Å². The van der Waals surface area contributed by atoms with Gasteiger partial charge >= 0.3 is 11.7 Å². The SMILES string of the molecule is O=C(O)/C(=C\c1ccc(O)c([N+](=O)[O-])c1)c1cccc2ccccc12. The lowest BCUT2D eigenvalue weighted by atomic mass is 9.96. The quantitative estimate of drug-likeness (QED) is 0.324. The van der Waals surface area contributed by atoms with Gasteiger partial charge in [-0.2, -0.15) is 0 Å². The van der Waals surface area contributed by atoms with Gasteiger partial charge in [-0.1, -0.05) is 48.5 Å². The van der Waals surface area contributed by atoms with Crippen molar-refractivity contribution in [3.63, 3.8) is 0 Å². The van der Waals surface area contributed by atoms with Crippen molar-refractivity contribution in [2.75, 3.05) is 0 Å². The molecule has 0 saturated heterocycles. The van der Waals surface area contributed by atoms with Crippen LogP contribution in [0.1, 0.15) is 11.1 Å². The number of nitrogens with zero attached hydrogens (tertiary/aromatic N) is 1. The largest absolute Gasteiger partial charge is 0.502 e. The van der Waals surface area contributed by atoms with Crippen LogP contribution in [0.2, 0.25) is 0 Å². The molecule has 3 rings (SSSR count). The minimum absolute atomic E-state index is 0.0109. The molecule has 0 heterocycles. The molecule has 0 aliphatic rings. The summed E-state index contributed by atoms with van der Waals surface area (Å²) in [5, 5.41) is 31.8. The molecule has 3 aromatic carbocycles. The monoisotopic (exact) mass is 335 g/mol. The van der Waals surface area contributed by atoms with E-state index in [2.05, 4.69) is 0 Å². The third kappa shape index (κ3) is 3.18. The fourth-order valence-corrected chi connectivity index (χ4v) is 2.66. The molecule has 0 unspecified atom stereocenters. The van der Waals surface area contributed by atoms with Crippen LogP contribution in [0.5, 0.6) is 5.75 Å². The van der Waals surface area contributed by atoms with E-state index in [0.717, 1.165) is 16.8 Å². The van der Waals surface area contributed by atoms with Crippen molar-refractivity contribution in [3.8, 4) is 5.75 Å². The molecule has 3 aromatic rings. The van der Waals surface area contributed by atoms with Crippen molar-refractivity contribution in [3.05, 3.63) is 81.9 Å². The topological polar surface area (TPSA) is 101 Å². The zero-order valence-corrected chi connectivity index (χ0v) is 12.9. The summed E-state index contributed by atoms with van der Waals surface area (Å²) in [6.45, 7) is 0. The summed E-state index contributed by atoms with van der Waals surface area (Å²) in [6, 6.07) is 16.4. The minimum Gasteiger partial charge on any atom is -0.502 e. The summed E-state index contributed by atoms with van der Waals surface area (Å²) in [5.74, 6) is -1.61. The highest BCUT2D eigenvalue weighted by Crippen LogP contribution is 2.30. The Labute approximate surface area is 142 Å². The molecule has 2 N–H and O–H groups in total. The number of phenols is 1. The van der Waals surface area contributed by atoms with E-state index in [1.807, 2.05) is 30.3 Å². The number of benzene rings is 3. The molecule has 0 aromatic heterocycles. The molecule has 0 amide bonds. The van der Waals surface area contributed by atoms with Crippen LogP contribution < -0.4 is 0 Å². The summed E-state index contributed by atoms with van der Waals surface area (Å²) in [7, 11) is 0. The van der Waals surface area contributed by atoms with Crippen LogP contribution in [0.4, 0.5) is 5.69 Å². The van der Waals surface area contributed by atoms with Gasteiger partial charge in [0, 0.05) is 6.07 Å². The molecule has 124 valence electrons. The first kappa shape index (κ1) is 16.2. The third-order valence-electron chi connectivity index (χ3n) is 3.82. The maximum Gasteiger partial charge on any atom is 0.336 e. The number of hydrogen-bond acceptors (Lipinski definition) is 4. The van der Waals surface area contributed by atoms with E-state index in [1.165, 1.54) is 18.2 Å². The molecule has 6 heteroatoms. The molecule has 0 radical (unpaired) electrons. The number of carboxylic acids is 1. The molecule has 0 fully saturated rings. The van der Waals surface area contributed by atoms with Crippen molar-refractivity contribution in [1.82, 2.24) is 0 Å². The fourth-order valence-electron chi connectivity index (χ4n) is 2.66. The van der Waals surface area contributed by atoms with E-state index in [9.17, 15) is 25.1 Å². The predicted molar refractivity (Wildman–Crippen MR) is 94.2 cm³/mol. The van der Waals surface area contributed by atoms with E-state index in [0.29, 0.717) is 11.1 Å². The molecule has 0 spiro atoms. The Kier molecular flexibility index (Phi) is 4.18. The number of aromatic hydroxyl groups is 1. The summed E-state index contributed by atoms with van der Waals surface area (Å²) < 4.78 is 0. The Bertz CT molecular complexity index is 1020. The maximum absolute atomic E-state index is 11.8. The van der Waals surface area contributed by atoms with Crippen LogP contribution in [0.25, 0.3) is 22.4 Å². The standard InChI is InChI=1S/C19H13NO5/c21-18-9-8-12(11-17(18)20(24)25)10-16(19(22)23)15-7-3-5-13-4-1-2-6-14(13)15/h1-11,21H,(H,22,23)/b16-10-. The first-order valence-corrected chi connectivity index (χ1v) is 7.38. The second-order valence-corrected chi connectivity index (χ2v) is 5.40. The number of hydrogen-bond donors (Lipinski definition) is 2. The van der Waals surface area contributed by atoms with Crippen LogP contribution in [-0.4, -0.2) is 21.1 Å². The van der Waals surface area contributed by atoms with Gasteiger partial charge < -0.3 is 10.2 Å². The fraction of sp³-hybridized carbons (Fsp3) is 0. The molecule has 6 nitrogen and oxygen atoms in total. The molecule has 0 aliphatic heterocycles. The summed E-state index contributed by atoms with van der Waals surface area (Å²) >= 11 is 0. The van der Waals surface area contributed by atoms with Gasteiger partial charge in [0.2, 0.25) is 0 Å². The number of carboxylic acid groups (broad SMARTS) is 1. The van der Waals surface area contributed by atoms with Crippen LogP contribution in [0, 0.1) is 10.1 Å². The summed E-state index contributed by atoms with van der Waals surface area (Å²) in [5.41, 5.74) is 0.365. The number of aliphatic carboxylic acids is 1. The van der Waals surface area contributed by atoms with Crippen LogP contribution >= 0.6 is 0 Å². The Balaban J connectivity index is 2.20. The summed E-state index contributed by atoms with van der Waals surface area (Å²) in [4.78, 5) is 22.0. The average Bonchev–Trinajstić information content (AvgIpc) is 2.60. The molecule has 0 bridgehead atoms. The first-order chi connectivity index (χ1) is 12.0. The Morgan fingerprint density at radius 2 is 1.76 bits per heavy atom. The van der Waals surface area contributed by atoms with Gasteiger partial charge in [0.15, 0.2) is 5.75 Å². The summed E-state index contributed by atoms with van der Waals surface area (Å²) in [6.07, 6.45) is 1.36. The highest BCUT2D eigenvalue weighted by atomic mass is 16.6. The van der Waals surface area contributed by atoms with Crippen molar-refractivity contribution in [1.29, 1.82) is 0 Å². The van der Waals surface area contributed by atoms with Gasteiger partial charge in [-0.3, -0.25) is 10.1 Å². The van der Waals surface area contributed by atoms with Gasteiger partial charge in [0.05, 0.1) is 10.5 Å². The lowest BCUT2D eigenvalue weighted by molar-refractivity contribution is -0.385. The molecular formula is C19H13NO5. The van der Waals surface area contributed by atoms with Crippen molar-refractivity contribution < 1.29 is 19.9 Å². The van der Waals surface area contributed by atoms with Gasteiger partial charge in [0.25, 0.3) is 0 Å². The third-order valence-corrected chi connectivity index (χ3v) is 3.82. The van der Waals surface area contributed by atoms with Gasteiger partial charge in [0.1, 0.15) is 0 Å². The highest BCUT2D eigenvalue weighted by Gasteiger charge is 2.16. The van der Waals surface area contributed by atoms with Crippen LogP contribution in [0.15, 0.2) is 60.7 Å². The minimum atomic E-state index is -1.15. The Hall–Kier alpha value is -3.67. The van der Waals surface area contributed by atoms with Crippen LogP contribution in [-0.2, 0) is 4.79 Å². The molecule has 0 saturated carbocycles. The lowest BCUT2D eigenvalue weighted by Crippen LogP contribution is -2.00. The zero-order chi connectivity index (χ0) is 18.0. The number of fused-ring (bicyclic) bond motifs is 1. The van der Waals surface area contributed by atoms with Gasteiger partial charge in [-0.05, 0) is 34.0 Å². The number of rotatable bonds is 4. The predicted octanol–water partition coefficient (Wildman–Crippen LogP) is 4.08. The number of nitro groups is 1. The maximum atomic E-state index is 11.8. The van der Waals surface area contributed by atoms with E-state index in [-0.39, 0.29) is 5.57 Å². The average molecular weight is 335 g/mol. The van der Waals surface area contributed by atoms with Crippen molar-refractivity contribution in [2.45, 2.75) is 0 Å². The highest BCUT2D eigenvalue weighted by molar-refractivity contribution is 6.23. The van der Waals surface area contributed by atoms with Gasteiger partial charge in [-0.15, -0.1) is 0 Å². The molecule has 25 heavy (non-hydrogen) atoms. The zero-order valence-electron chi connectivity index (χ0n) is 12.9. The smallest absolute Gasteiger partial charge is 0.336 e. The van der Waals surface area contributed by atoms with Crippen molar-refractivity contribution in [2.24, 2.45) is 0 Å². The van der Waals surface area contributed by atoms with Crippen molar-refractivity contribution >= 4 is 34.1 Å². The van der Waals surface area contributed by atoms with E-state index in [1.54, 1.807) is 12.1 Å². The normalized spacial score (nSPS) is 11.4. The second kappa shape index (κ2) is 6.45. The Morgan fingerprint density at radius 3 is 2.48 bits per heavy atom. The first-order valence-electron chi connectivity index (χ1n) is 7.38. The Morgan fingerprint density at radius 1 is 1.04 bits per heavy atom. The van der Waals surface area contributed by atoms with Crippen LogP contribution in [0.3, 0.4) is 0 Å². The number of carbonyl (C=O) groups is 1. The molecule has 0 atom stereocenters. The van der Waals surface area contributed by atoms with E-state index in [4.69, 9.17) is 0 Å². The number of phenolic OH excluding ortho intramolecular Hbond substituents is 1. The second-order valence-electron chi connectivity index (χ2n) is 5.40. The molecule has 0 aliphatic carbocycles. The van der Waals surface area contributed by atoms with E-state index < -0.39 is 22.3 Å².